The van der Waals surface area contributed by atoms with Crippen molar-refractivity contribution >= 4 is 16.6 Å². The third kappa shape index (κ3) is 1.55. The lowest BCUT2D eigenvalue weighted by molar-refractivity contribution is 1.19. The standard InChI is InChI=1S/C12H14N2/c1-3-6-9(2)12-13-10-7-4-5-8-11(10)14-12/h4-8H,3H2,1-2H3,(H,13,14). The van der Waals surface area contributed by atoms with Crippen molar-refractivity contribution in [1.29, 1.82) is 0 Å². The number of aromatic amines is 1. The van der Waals surface area contributed by atoms with Crippen LogP contribution in [0.15, 0.2) is 30.3 Å². The van der Waals surface area contributed by atoms with Crippen molar-refractivity contribution in [1.82, 2.24) is 9.97 Å². The van der Waals surface area contributed by atoms with Crippen LogP contribution in [0.25, 0.3) is 16.6 Å². The van der Waals surface area contributed by atoms with E-state index in [0.717, 1.165) is 23.3 Å². The Balaban J connectivity index is 2.50. The molecule has 2 nitrogen and oxygen atoms in total. The van der Waals surface area contributed by atoms with E-state index >= 15 is 0 Å². The van der Waals surface area contributed by atoms with E-state index in [1.165, 1.54) is 5.57 Å². The van der Waals surface area contributed by atoms with Crippen LogP contribution in [-0.4, -0.2) is 9.97 Å². The number of allylic oxidation sites excluding steroid dienone is 2. The molecule has 0 atom stereocenters. The number of hydrogen-bond acceptors (Lipinski definition) is 1. The zero-order valence-electron chi connectivity index (χ0n) is 8.54. The number of para-hydroxylation sites is 2. The number of nitrogens with one attached hydrogen (secondary N) is 1. The van der Waals surface area contributed by atoms with E-state index in [1.54, 1.807) is 0 Å². The summed E-state index contributed by atoms with van der Waals surface area (Å²) in [6, 6.07) is 8.09. The average molecular weight is 186 g/mol. The van der Waals surface area contributed by atoms with Gasteiger partial charge in [0, 0.05) is 0 Å². The molecule has 0 aliphatic carbocycles. The highest BCUT2D eigenvalue weighted by molar-refractivity contribution is 5.78. The maximum absolute atomic E-state index is 4.51. The Morgan fingerprint density at radius 2 is 2.21 bits per heavy atom. The number of H-pyrrole nitrogens is 1. The Morgan fingerprint density at radius 3 is 2.93 bits per heavy atom. The molecule has 1 aromatic heterocycles. The molecule has 0 amide bonds. The van der Waals surface area contributed by atoms with Crippen LogP contribution in [0.4, 0.5) is 0 Å². The Kier molecular flexibility index (Phi) is 2.35. The van der Waals surface area contributed by atoms with E-state index in [-0.39, 0.29) is 0 Å². The zero-order chi connectivity index (χ0) is 9.97. The van der Waals surface area contributed by atoms with Gasteiger partial charge >= 0.3 is 0 Å². The monoisotopic (exact) mass is 186 g/mol. The number of benzene rings is 1. The van der Waals surface area contributed by atoms with Gasteiger partial charge in [-0.3, -0.25) is 0 Å². The fourth-order valence-corrected chi connectivity index (χ4v) is 1.54. The molecule has 1 aromatic carbocycles. The molecule has 0 saturated carbocycles. The Morgan fingerprint density at radius 1 is 1.43 bits per heavy atom. The summed E-state index contributed by atoms with van der Waals surface area (Å²) in [5.41, 5.74) is 3.35. The normalized spacial score (nSPS) is 12.3. The highest BCUT2D eigenvalue weighted by Crippen LogP contribution is 2.16. The zero-order valence-corrected chi connectivity index (χ0v) is 8.54. The second-order valence-corrected chi connectivity index (χ2v) is 3.40. The first-order chi connectivity index (χ1) is 6.81. The third-order valence-corrected chi connectivity index (χ3v) is 2.27. The lowest BCUT2D eigenvalue weighted by Crippen LogP contribution is -1.81. The van der Waals surface area contributed by atoms with E-state index < -0.39 is 0 Å². The van der Waals surface area contributed by atoms with Crippen LogP contribution in [0.1, 0.15) is 26.1 Å². The van der Waals surface area contributed by atoms with Gasteiger partial charge in [-0.1, -0.05) is 25.1 Å². The van der Waals surface area contributed by atoms with Gasteiger partial charge in [-0.05, 0) is 31.1 Å². The molecule has 72 valence electrons. The SMILES string of the molecule is CCC=C(C)c1nc2ccccc2[nH]1. The molecule has 1 N–H and O–H groups in total. The van der Waals surface area contributed by atoms with E-state index in [1.807, 2.05) is 24.3 Å². The summed E-state index contributed by atoms with van der Waals surface area (Å²) in [6.07, 6.45) is 3.22. The highest BCUT2D eigenvalue weighted by atomic mass is 14.9. The molecular weight excluding hydrogens is 172 g/mol. The van der Waals surface area contributed by atoms with E-state index in [9.17, 15) is 0 Å². The van der Waals surface area contributed by atoms with Crippen LogP contribution in [0.3, 0.4) is 0 Å². The van der Waals surface area contributed by atoms with Crippen molar-refractivity contribution in [2.45, 2.75) is 20.3 Å². The Hall–Kier alpha value is -1.57. The van der Waals surface area contributed by atoms with Crippen molar-refractivity contribution in [3.63, 3.8) is 0 Å². The van der Waals surface area contributed by atoms with Crippen LogP contribution >= 0.6 is 0 Å². The smallest absolute Gasteiger partial charge is 0.133 e. The van der Waals surface area contributed by atoms with Gasteiger partial charge in [0.15, 0.2) is 0 Å². The van der Waals surface area contributed by atoms with Crippen LogP contribution in [-0.2, 0) is 0 Å². The predicted molar refractivity (Wildman–Crippen MR) is 60.0 cm³/mol. The molecule has 0 radical (unpaired) electrons. The fraction of sp³-hybridized carbons (Fsp3) is 0.250. The lowest BCUT2D eigenvalue weighted by atomic mass is 10.2. The topological polar surface area (TPSA) is 28.7 Å². The molecule has 0 spiro atoms. The van der Waals surface area contributed by atoms with Crippen molar-refractivity contribution in [2.75, 3.05) is 0 Å². The van der Waals surface area contributed by atoms with Gasteiger partial charge < -0.3 is 4.98 Å². The number of aromatic nitrogens is 2. The summed E-state index contributed by atoms with van der Waals surface area (Å²) in [4.78, 5) is 7.81. The minimum Gasteiger partial charge on any atom is -0.338 e. The predicted octanol–water partition coefficient (Wildman–Crippen LogP) is 3.38. The molecular formula is C12H14N2. The van der Waals surface area contributed by atoms with Crippen molar-refractivity contribution < 1.29 is 0 Å². The lowest BCUT2D eigenvalue weighted by Gasteiger charge is -1.92. The molecule has 0 bridgehead atoms. The van der Waals surface area contributed by atoms with Gasteiger partial charge in [-0.25, -0.2) is 4.98 Å². The van der Waals surface area contributed by atoms with Gasteiger partial charge in [-0.2, -0.15) is 0 Å². The van der Waals surface area contributed by atoms with E-state index in [2.05, 4.69) is 29.9 Å². The Bertz CT molecular complexity index is 433. The fourth-order valence-electron chi connectivity index (χ4n) is 1.54. The first kappa shape index (κ1) is 9.00. The number of fused-ring (bicyclic) bond motifs is 1. The highest BCUT2D eigenvalue weighted by Gasteiger charge is 2.02. The van der Waals surface area contributed by atoms with Crippen LogP contribution in [0, 0.1) is 0 Å². The van der Waals surface area contributed by atoms with Crippen molar-refractivity contribution in [2.24, 2.45) is 0 Å². The second-order valence-electron chi connectivity index (χ2n) is 3.40. The van der Waals surface area contributed by atoms with Gasteiger partial charge in [0.25, 0.3) is 0 Å². The average Bonchev–Trinajstić information content (AvgIpc) is 2.61. The summed E-state index contributed by atoms with van der Waals surface area (Å²) in [6.45, 7) is 4.22. The summed E-state index contributed by atoms with van der Waals surface area (Å²) >= 11 is 0. The maximum atomic E-state index is 4.51. The quantitative estimate of drug-likeness (QED) is 0.765. The molecule has 0 aliphatic heterocycles. The molecule has 0 unspecified atom stereocenters. The summed E-state index contributed by atoms with van der Waals surface area (Å²) in [5, 5.41) is 0. The summed E-state index contributed by atoms with van der Waals surface area (Å²) < 4.78 is 0. The van der Waals surface area contributed by atoms with Gasteiger partial charge in [0.1, 0.15) is 5.82 Å². The molecule has 0 aliphatic rings. The summed E-state index contributed by atoms with van der Waals surface area (Å²) in [7, 11) is 0. The Labute approximate surface area is 83.7 Å². The molecule has 2 aromatic rings. The summed E-state index contributed by atoms with van der Waals surface area (Å²) in [5.74, 6) is 0.980. The van der Waals surface area contributed by atoms with Crippen LogP contribution in [0.5, 0.6) is 0 Å². The van der Waals surface area contributed by atoms with Gasteiger partial charge in [-0.15, -0.1) is 0 Å². The molecule has 14 heavy (non-hydrogen) atoms. The molecule has 0 saturated heterocycles. The van der Waals surface area contributed by atoms with Crippen LogP contribution in [0.2, 0.25) is 0 Å². The van der Waals surface area contributed by atoms with Crippen molar-refractivity contribution in [3.05, 3.63) is 36.2 Å². The van der Waals surface area contributed by atoms with Gasteiger partial charge in [0.2, 0.25) is 0 Å². The second kappa shape index (κ2) is 3.66. The first-order valence-corrected chi connectivity index (χ1v) is 4.93. The molecule has 2 heteroatoms. The largest absolute Gasteiger partial charge is 0.338 e. The van der Waals surface area contributed by atoms with Gasteiger partial charge in [0.05, 0.1) is 11.0 Å². The molecule has 2 rings (SSSR count). The first-order valence-electron chi connectivity index (χ1n) is 4.93. The van der Waals surface area contributed by atoms with Crippen LogP contribution < -0.4 is 0 Å². The molecule has 1 heterocycles. The minimum atomic E-state index is 0.980. The molecule has 0 fully saturated rings. The number of hydrogen-bond donors (Lipinski definition) is 1. The minimum absolute atomic E-state index is 0.980. The maximum Gasteiger partial charge on any atom is 0.133 e. The van der Waals surface area contributed by atoms with Crippen molar-refractivity contribution in [3.8, 4) is 0 Å². The number of imidazole rings is 1. The number of rotatable bonds is 2. The third-order valence-electron chi connectivity index (χ3n) is 2.27. The van der Waals surface area contributed by atoms with E-state index in [4.69, 9.17) is 0 Å². The number of nitrogens with zero attached hydrogens (tertiary/aromatic N) is 1. The van der Waals surface area contributed by atoms with E-state index in [0.29, 0.717) is 0 Å².